The second-order valence-electron chi connectivity index (χ2n) is 8.23. The number of carbonyl (C=O) groups excluding carboxylic acids is 1. The molecule has 0 aliphatic rings. The lowest BCUT2D eigenvalue weighted by molar-refractivity contribution is 0.0474. The highest BCUT2D eigenvalue weighted by Crippen LogP contribution is 2.09. The number of ether oxygens (including phenoxy) is 2. The van der Waals surface area contributed by atoms with E-state index in [9.17, 15) is 4.79 Å². The Bertz CT molecular complexity index is 610. The summed E-state index contributed by atoms with van der Waals surface area (Å²) in [6.45, 7) is 11.4. The molecule has 1 aromatic rings. The molecule has 0 aliphatic heterocycles. The number of para-hydroxylation sites is 1. The molecular formula is C21H36N4O3. The molecule has 1 rings (SSSR count). The van der Waals surface area contributed by atoms with E-state index in [-0.39, 0.29) is 0 Å². The molecule has 0 spiro atoms. The van der Waals surface area contributed by atoms with Crippen LogP contribution in [-0.2, 0) is 4.74 Å². The van der Waals surface area contributed by atoms with Crippen LogP contribution in [0.4, 0.5) is 4.79 Å². The lowest BCUT2D eigenvalue weighted by Gasteiger charge is -2.29. The molecule has 0 aliphatic carbocycles. The first-order chi connectivity index (χ1) is 13.1. The SMILES string of the molecule is CN=C(NCCCCOc1ccccc1)NCC(C)(C)NC(=O)OC(C)(C)C. The van der Waals surface area contributed by atoms with Crippen LogP contribution >= 0.6 is 0 Å². The lowest BCUT2D eigenvalue weighted by Crippen LogP contribution is -2.54. The van der Waals surface area contributed by atoms with Crippen molar-refractivity contribution in [3.63, 3.8) is 0 Å². The molecule has 28 heavy (non-hydrogen) atoms. The van der Waals surface area contributed by atoms with Crippen molar-refractivity contribution in [2.45, 2.75) is 58.6 Å². The number of guanidine groups is 1. The largest absolute Gasteiger partial charge is 0.494 e. The summed E-state index contributed by atoms with van der Waals surface area (Å²) >= 11 is 0. The number of unbranched alkanes of at least 4 members (excludes halogenated alkanes) is 1. The standard InChI is InChI=1S/C21H36N4O3/c1-20(2,3)28-19(26)25-21(4,5)16-24-18(22-6)23-14-10-11-15-27-17-12-8-7-9-13-17/h7-9,12-13H,10-11,14-16H2,1-6H3,(H,25,26)(H2,22,23,24). The van der Waals surface area contributed by atoms with E-state index in [1.165, 1.54) is 0 Å². The predicted octanol–water partition coefficient (Wildman–Crippen LogP) is 3.31. The Morgan fingerprint density at radius 3 is 2.32 bits per heavy atom. The minimum absolute atomic E-state index is 0.430. The molecule has 0 atom stereocenters. The molecule has 0 radical (unpaired) electrons. The zero-order chi connectivity index (χ0) is 21.0. The van der Waals surface area contributed by atoms with Gasteiger partial charge in [-0.25, -0.2) is 4.79 Å². The summed E-state index contributed by atoms with van der Waals surface area (Å²) in [5, 5.41) is 9.37. The fraction of sp³-hybridized carbons (Fsp3) is 0.619. The van der Waals surface area contributed by atoms with Crippen LogP contribution in [0.15, 0.2) is 35.3 Å². The summed E-state index contributed by atoms with van der Waals surface area (Å²) in [5.74, 6) is 1.59. The van der Waals surface area contributed by atoms with Crippen LogP contribution in [0, 0.1) is 0 Å². The van der Waals surface area contributed by atoms with Crippen LogP contribution in [0.5, 0.6) is 5.75 Å². The first-order valence-corrected chi connectivity index (χ1v) is 9.75. The summed E-state index contributed by atoms with van der Waals surface area (Å²) in [6.07, 6.45) is 1.48. The Hall–Kier alpha value is -2.44. The normalized spacial score (nSPS) is 12.3. The molecule has 0 saturated heterocycles. The molecule has 0 heterocycles. The molecule has 1 amide bonds. The minimum atomic E-state index is -0.518. The number of nitrogens with zero attached hydrogens (tertiary/aromatic N) is 1. The van der Waals surface area contributed by atoms with Crippen LogP contribution in [0.25, 0.3) is 0 Å². The Balaban J connectivity index is 2.22. The maximum absolute atomic E-state index is 11.9. The van der Waals surface area contributed by atoms with E-state index in [1.54, 1.807) is 7.05 Å². The monoisotopic (exact) mass is 392 g/mol. The average Bonchev–Trinajstić information content (AvgIpc) is 2.59. The third kappa shape index (κ3) is 11.3. The predicted molar refractivity (Wildman–Crippen MR) is 114 cm³/mol. The highest BCUT2D eigenvalue weighted by Gasteiger charge is 2.24. The van der Waals surface area contributed by atoms with Crippen molar-refractivity contribution in [1.29, 1.82) is 0 Å². The zero-order valence-corrected chi connectivity index (χ0v) is 18.1. The van der Waals surface area contributed by atoms with E-state index in [0.717, 1.165) is 25.1 Å². The van der Waals surface area contributed by atoms with Crippen LogP contribution in [0.1, 0.15) is 47.5 Å². The van der Waals surface area contributed by atoms with Gasteiger partial charge in [0.25, 0.3) is 0 Å². The second-order valence-corrected chi connectivity index (χ2v) is 8.23. The Kier molecular flexibility index (Phi) is 9.62. The third-order valence-electron chi connectivity index (χ3n) is 3.64. The maximum Gasteiger partial charge on any atom is 0.408 e. The molecule has 1 aromatic carbocycles. The Morgan fingerprint density at radius 2 is 1.71 bits per heavy atom. The van der Waals surface area contributed by atoms with Gasteiger partial charge in [-0.05, 0) is 59.6 Å². The van der Waals surface area contributed by atoms with Gasteiger partial charge in [-0.2, -0.15) is 0 Å². The molecule has 0 aromatic heterocycles. The lowest BCUT2D eigenvalue weighted by atomic mass is 10.1. The number of rotatable bonds is 9. The Morgan fingerprint density at radius 1 is 1.04 bits per heavy atom. The highest BCUT2D eigenvalue weighted by atomic mass is 16.6. The van der Waals surface area contributed by atoms with Gasteiger partial charge in [-0.1, -0.05) is 18.2 Å². The van der Waals surface area contributed by atoms with Crippen molar-refractivity contribution in [3.05, 3.63) is 30.3 Å². The molecule has 7 heteroatoms. The number of carbonyl (C=O) groups is 1. The van der Waals surface area contributed by atoms with Gasteiger partial charge in [-0.3, -0.25) is 4.99 Å². The van der Waals surface area contributed by atoms with E-state index in [4.69, 9.17) is 9.47 Å². The van der Waals surface area contributed by atoms with Crippen LogP contribution in [-0.4, -0.2) is 49.9 Å². The average molecular weight is 393 g/mol. The quantitative estimate of drug-likeness (QED) is 0.341. The van der Waals surface area contributed by atoms with Crippen molar-refractivity contribution in [2.75, 3.05) is 26.7 Å². The summed E-state index contributed by atoms with van der Waals surface area (Å²) in [7, 11) is 1.72. The second kappa shape index (κ2) is 11.4. The van der Waals surface area contributed by atoms with Gasteiger partial charge < -0.3 is 25.4 Å². The summed E-state index contributed by atoms with van der Waals surface area (Å²) in [4.78, 5) is 16.2. The number of hydrogen-bond donors (Lipinski definition) is 3. The number of amides is 1. The molecule has 0 saturated carbocycles. The first-order valence-electron chi connectivity index (χ1n) is 9.75. The number of nitrogens with one attached hydrogen (secondary N) is 3. The van der Waals surface area contributed by atoms with Gasteiger partial charge in [0.05, 0.1) is 12.1 Å². The topological polar surface area (TPSA) is 84.0 Å². The van der Waals surface area contributed by atoms with Gasteiger partial charge in [0.2, 0.25) is 0 Å². The first kappa shape index (κ1) is 23.6. The van der Waals surface area contributed by atoms with Gasteiger partial charge in [0.1, 0.15) is 11.4 Å². The smallest absolute Gasteiger partial charge is 0.408 e. The Labute approximate surface area is 169 Å². The van der Waals surface area contributed by atoms with Crippen molar-refractivity contribution in [1.82, 2.24) is 16.0 Å². The van der Waals surface area contributed by atoms with E-state index < -0.39 is 17.2 Å². The van der Waals surface area contributed by atoms with Crippen molar-refractivity contribution in [3.8, 4) is 5.75 Å². The third-order valence-corrected chi connectivity index (χ3v) is 3.64. The van der Waals surface area contributed by atoms with E-state index in [1.807, 2.05) is 65.0 Å². The fourth-order valence-electron chi connectivity index (χ4n) is 2.29. The van der Waals surface area contributed by atoms with Crippen molar-refractivity contribution >= 4 is 12.1 Å². The van der Waals surface area contributed by atoms with E-state index in [0.29, 0.717) is 19.1 Å². The molecule has 3 N–H and O–H groups in total. The minimum Gasteiger partial charge on any atom is -0.494 e. The number of alkyl carbamates (subject to hydrolysis) is 1. The zero-order valence-electron chi connectivity index (χ0n) is 18.1. The van der Waals surface area contributed by atoms with Crippen molar-refractivity contribution < 1.29 is 14.3 Å². The molecular weight excluding hydrogens is 356 g/mol. The number of aliphatic imine (C=N–C) groups is 1. The van der Waals surface area contributed by atoms with Gasteiger partial charge in [0, 0.05) is 20.1 Å². The summed E-state index contributed by atoms with van der Waals surface area (Å²) in [6, 6.07) is 9.81. The number of hydrogen-bond acceptors (Lipinski definition) is 4. The van der Waals surface area contributed by atoms with Gasteiger partial charge >= 0.3 is 6.09 Å². The number of benzene rings is 1. The van der Waals surface area contributed by atoms with Gasteiger partial charge in [-0.15, -0.1) is 0 Å². The van der Waals surface area contributed by atoms with E-state index >= 15 is 0 Å². The van der Waals surface area contributed by atoms with Gasteiger partial charge in [0.15, 0.2) is 5.96 Å². The van der Waals surface area contributed by atoms with Crippen LogP contribution in [0.3, 0.4) is 0 Å². The molecule has 7 nitrogen and oxygen atoms in total. The maximum atomic E-state index is 11.9. The van der Waals surface area contributed by atoms with Crippen molar-refractivity contribution in [2.24, 2.45) is 4.99 Å². The molecule has 158 valence electrons. The fourth-order valence-corrected chi connectivity index (χ4v) is 2.29. The summed E-state index contributed by atoms with van der Waals surface area (Å²) in [5.41, 5.74) is -1.00. The van der Waals surface area contributed by atoms with E-state index in [2.05, 4.69) is 20.9 Å². The van der Waals surface area contributed by atoms with Crippen LogP contribution in [0.2, 0.25) is 0 Å². The highest BCUT2D eigenvalue weighted by molar-refractivity contribution is 5.79. The van der Waals surface area contributed by atoms with Crippen LogP contribution < -0.4 is 20.7 Å². The molecule has 0 bridgehead atoms. The molecule has 0 fully saturated rings. The summed E-state index contributed by atoms with van der Waals surface area (Å²) < 4.78 is 11.0. The molecule has 0 unspecified atom stereocenters.